The first kappa shape index (κ1) is 16.7. The third kappa shape index (κ3) is 3.84. The van der Waals surface area contributed by atoms with Crippen molar-refractivity contribution in [2.75, 3.05) is 26.8 Å². The standard InChI is InChI=1S/C18H27N3OS/c1-14-6-10-23-17(14)13-20-8-5-16(12-20)18-19-11-15(2)21(18)7-4-9-22-3/h6,10-11,16H,4-5,7-9,12-13H2,1-3H3. The van der Waals surface area contributed by atoms with Crippen LogP contribution in [-0.2, 0) is 17.8 Å². The van der Waals surface area contributed by atoms with Crippen molar-refractivity contribution in [3.63, 3.8) is 0 Å². The molecule has 1 aliphatic rings. The zero-order valence-electron chi connectivity index (χ0n) is 14.4. The quantitative estimate of drug-likeness (QED) is 0.726. The van der Waals surface area contributed by atoms with Gasteiger partial charge in [0.2, 0.25) is 0 Å². The van der Waals surface area contributed by atoms with Crippen LogP contribution in [0.25, 0.3) is 0 Å². The highest BCUT2D eigenvalue weighted by Gasteiger charge is 2.28. The van der Waals surface area contributed by atoms with Crippen molar-refractivity contribution >= 4 is 11.3 Å². The minimum absolute atomic E-state index is 0.562. The average molecular weight is 334 g/mol. The van der Waals surface area contributed by atoms with Gasteiger partial charge in [0.25, 0.3) is 0 Å². The van der Waals surface area contributed by atoms with Crippen LogP contribution >= 0.6 is 11.3 Å². The fraction of sp³-hybridized carbons (Fsp3) is 0.611. The van der Waals surface area contributed by atoms with E-state index in [1.54, 1.807) is 7.11 Å². The Hall–Kier alpha value is -1.17. The van der Waals surface area contributed by atoms with E-state index in [2.05, 4.69) is 34.8 Å². The lowest BCUT2D eigenvalue weighted by molar-refractivity contribution is 0.189. The van der Waals surface area contributed by atoms with Crippen LogP contribution in [0.15, 0.2) is 17.6 Å². The molecule has 1 fully saturated rings. The molecule has 0 aromatic carbocycles. The summed E-state index contributed by atoms with van der Waals surface area (Å²) in [5.41, 5.74) is 2.69. The summed E-state index contributed by atoms with van der Waals surface area (Å²) in [6, 6.07) is 2.22. The van der Waals surface area contributed by atoms with Gasteiger partial charge in [-0.25, -0.2) is 4.98 Å². The molecule has 126 valence electrons. The van der Waals surface area contributed by atoms with E-state index in [9.17, 15) is 0 Å². The zero-order chi connectivity index (χ0) is 16.2. The molecule has 2 aromatic heterocycles. The molecule has 4 nitrogen and oxygen atoms in total. The predicted molar refractivity (Wildman–Crippen MR) is 95.1 cm³/mol. The second-order valence-electron chi connectivity index (χ2n) is 6.50. The lowest BCUT2D eigenvalue weighted by atomic mass is 10.1. The minimum Gasteiger partial charge on any atom is -0.385 e. The van der Waals surface area contributed by atoms with Crippen LogP contribution in [0.2, 0.25) is 0 Å². The first-order valence-electron chi connectivity index (χ1n) is 8.45. The van der Waals surface area contributed by atoms with E-state index >= 15 is 0 Å². The van der Waals surface area contributed by atoms with Crippen molar-refractivity contribution in [2.24, 2.45) is 0 Å². The smallest absolute Gasteiger partial charge is 0.113 e. The molecular weight excluding hydrogens is 306 g/mol. The summed E-state index contributed by atoms with van der Waals surface area (Å²) in [5, 5.41) is 2.20. The predicted octanol–water partition coefficient (Wildman–Crippen LogP) is 3.59. The fourth-order valence-electron chi connectivity index (χ4n) is 3.42. The number of methoxy groups -OCH3 is 1. The number of rotatable bonds is 7. The molecule has 3 rings (SSSR count). The second kappa shape index (κ2) is 7.60. The van der Waals surface area contributed by atoms with E-state index in [0.29, 0.717) is 5.92 Å². The number of hydrogen-bond donors (Lipinski definition) is 0. The number of ether oxygens (including phenoxy) is 1. The molecule has 2 aromatic rings. The summed E-state index contributed by atoms with van der Waals surface area (Å²) in [6.07, 6.45) is 4.28. The molecular formula is C18H27N3OS. The summed E-state index contributed by atoms with van der Waals surface area (Å²) in [5.74, 6) is 1.83. The molecule has 23 heavy (non-hydrogen) atoms. The molecule has 0 bridgehead atoms. The number of hydrogen-bond acceptors (Lipinski definition) is 4. The number of aromatic nitrogens is 2. The average Bonchev–Trinajstić information content (AvgIpc) is 3.23. The highest BCUT2D eigenvalue weighted by molar-refractivity contribution is 7.10. The maximum Gasteiger partial charge on any atom is 0.113 e. The Morgan fingerprint density at radius 1 is 1.39 bits per heavy atom. The van der Waals surface area contributed by atoms with Crippen LogP contribution in [-0.4, -0.2) is 41.3 Å². The van der Waals surface area contributed by atoms with Crippen LogP contribution in [0, 0.1) is 13.8 Å². The molecule has 0 saturated carbocycles. The van der Waals surface area contributed by atoms with Crippen molar-refractivity contribution in [3.05, 3.63) is 39.6 Å². The maximum atomic E-state index is 5.19. The van der Waals surface area contributed by atoms with Gasteiger partial charge in [0.1, 0.15) is 5.82 Å². The molecule has 0 spiro atoms. The van der Waals surface area contributed by atoms with Crippen molar-refractivity contribution < 1.29 is 4.74 Å². The zero-order valence-corrected chi connectivity index (χ0v) is 15.2. The monoisotopic (exact) mass is 333 g/mol. The number of thiophene rings is 1. The summed E-state index contributed by atoms with van der Waals surface area (Å²) in [7, 11) is 1.77. The number of nitrogens with zero attached hydrogens (tertiary/aromatic N) is 3. The van der Waals surface area contributed by atoms with Crippen molar-refractivity contribution in [2.45, 2.75) is 45.7 Å². The first-order chi connectivity index (χ1) is 11.2. The van der Waals surface area contributed by atoms with Gasteiger partial charge in [-0.2, -0.15) is 0 Å². The normalized spacial score (nSPS) is 18.8. The number of likely N-dealkylation sites (tertiary alicyclic amines) is 1. The largest absolute Gasteiger partial charge is 0.385 e. The lowest BCUT2D eigenvalue weighted by Crippen LogP contribution is -2.20. The summed E-state index contributed by atoms with van der Waals surface area (Å²) >= 11 is 1.88. The summed E-state index contributed by atoms with van der Waals surface area (Å²) < 4.78 is 7.58. The molecule has 1 unspecified atom stereocenters. The van der Waals surface area contributed by atoms with Crippen LogP contribution in [0.4, 0.5) is 0 Å². The topological polar surface area (TPSA) is 30.3 Å². The molecule has 0 N–H and O–H groups in total. The molecule has 1 saturated heterocycles. The van der Waals surface area contributed by atoms with Crippen LogP contribution in [0.3, 0.4) is 0 Å². The van der Waals surface area contributed by atoms with E-state index in [-0.39, 0.29) is 0 Å². The Morgan fingerprint density at radius 3 is 3.00 bits per heavy atom. The van der Waals surface area contributed by atoms with Crippen LogP contribution in [0.5, 0.6) is 0 Å². The van der Waals surface area contributed by atoms with Gasteiger partial charge >= 0.3 is 0 Å². The number of aryl methyl sites for hydroxylation is 2. The van der Waals surface area contributed by atoms with Gasteiger partial charge in [-0.15, -0.1) is 11.3 Å². The van der Waals surface area contributed by atoms with Gasteiger partial charge in [0, 0.05) is 56.0 Å². The Morgan fingerprint density at radius 2 is 2.26 bits per heavy atom. The van der Waals surface area contributed by atoms with Gasteiger partial charge in [0.15, 0.2) is 0 Å². The molecule has 5 heteroatoms. The van der Waals surface area contributed by atoms with Crippen molar-refractivity contribution in [1.82, 2.24) is 14.5 Å². The van der Waals surface area contributed by atoms with E-state index in [1.807, 2.05) is 17.5 Å². The molecule has 0 amide bonds. The Labute approximate surface area is 143 Å². The van der Waals surface area contributed by atoms with Gasteiger partial charge in [-0.05, 0) is 50.2 Å². The third-order valence-electron chi connectivity index (χ3n) is 4.79. The summed E-state index contributed by atoms with van der Waals surface area (Å²) in [6.45, 7) is 9.57. The molecule has 3 heterocycles. The highest BCUT2D eigenvalue weighted by Crippen LogP contribution is 2.29. The van der Waals surface area contributed by atoms with E-state index < -0.39 is 0 Å². The molecule has 0 aliphatic carbocycles. The van der Waals surface area contributed by atoms with E-state index in [4.69, 9.17) is 9.72 Å². The molecule has 0 radical (unpaired) electrons. The fourth-order valence-corrected chi connectivity index (χ4v) is 4.37. The molecule has 1 atom stereocenters. The van der Waals surface area contributed by atoms with E-state index in [1.165, 1.54) is 34.9 Å². The van der Waals surface area contributed by atoms with Gasteiger partial charge in [0.05, 0.1) is 0 Å². The SMILES string of the molecule is COCCCn1c(C)cnc1C1CCN(Cc2sccc2C)C1. The van der Waals surface area contributed by atoms with Crippen molar-refractivity contribution in [1.29, 1.82) is 0 Å². The minimum atomic E-state index is 0.562. The Bertz CT molecular complexity index is 634. The second-order valence-corrected chi connectivity index (χ2v) is 7.50. The highest BCUT2D eigenvalue weighted by atomic mass is 32.1. The van der Waals surface area contributed by atoms with Gasteiger partial charge in [-0.3, -0.25) is 4.90 Å². The van der Waals surface area contributed by atoms with Crippen LogP contribution < -0.4 is 0 Å². The first-order valence-corrected chi connectivity index (χ1v) is 9.33. The van der Waals surface area contributed by atoms with E-state index in [0.717, 1.165) is 32.7 Å². The third-order valence-corrected chi connectivity index (χ3v) is 5.80. The van der Waals surface area contributed by atoms with Gasteiger partial charge in [-0.1, -0.05) is 0 Å². The Kier molecular flexibility index (Phi) is 5.51. The maximum absolute atomic E-state index is 5.19. The number of imidazole rings is 1. The summed E-state index contributed by atoms with van der Waals surface area (Å²) in [4.78, 5) is 8.80. The Balaban J connectivity index is 1.63. The lowest BCUT2D eigenvalue weighted by Gasteiger charge is -2.17. The molecule has 1 aliphatic heterocycles. The van der Waals surface area contributed by atoms with Crippen molar-refractivity contribution in [3.8, 4) is 0 Å². The van der Waals surface area contributed by atoms with Crippen LogP contribution in [0.1, 0.15) is 40.7 Å². The van der Waals surface area contributed by atoms with Gasteiger partial charge < -0.3 is 9.30 Å².